The highest BCUT2D eigenvalue weighted by Crippen LogP contribution is 2.32. The van der Waals surface area contributed by atoms with Gasteiger partial charge < -0.3 is 9.64 Å². The Balaban J connectivity index is 1.42. The molecule has 1 heterocycles. The Morgan fingerprint density at radius 1 is 0.941 bits per heavy atom. The number of nitrogens with one attached hydrogen (secondary N) is 1. The summed E-state index contributed by atoms with van der Waals surface area (Å²) in [5, 5.41) is 0. The van der Waals surface area contributed by atoms with E-state index >= 15 is 0 Å². The largest absolute Gasteiger partial charge is 0.497 e. The van der Waals surface area contributed by atoms with Crippen LogP contribution in [0, 0.1) is 0 Å². The lowest BCUT2D eigenvalue weighted by atomic mass is 9.85. The molecule has 1 aliphatic rings. The van der Waals surface area contributed by atoms with Crippen LogP contribution in [0.25, 0.3) is 11.1 Å². The molecule has 0 saturated carbocycles. The van der Waals surface area contributed by atoms with Crippen molar-refractivity contribution >= 4 is 21.8 Å². The predicted octanol–water partition coefficient (Wildman–Crippen LogP) is 3.40. The summed E-state index contributed by atoms with van der Waals surface area (Å²) >= 11 is 0. The van der Waals surface area contributed by atoms with Gasteiger partial charge >= 0.3 is 0 Å². The Morgan fingerprint density at radius 2 is 1.56 bits per heavy atom. The Kier molecular flexibility index (Phi) is 6.43. The number of ether oxygens (including phenoxy) is 1. The number of carbonyl (C=O) groups excluding carboxylic acids is 2. The standard InChI is InChI=1S/C26H26N2O5S/c1-26(25(30)27-34(31,32)23-14-12-22(33-2)13-15-23)16-17-28(26)24(29)18-19-8-10-21(11-9-19)20-6-4-3-5-7-20/h3-15H,16-18H2,1-2H3,(H,27,30). The van der Waals surface area contributed by atoms with Gasteiger partial charge in [-0.2, -0.15) is 0 Å². The third kappa shape index (κ3) is 4.68. The van der Waals surface area contributed by atoms with Crippen LogP contribution in [0.1, 0.15) is 18.9 Å². The Labute approximate surface area is 199 Å². The van der Waals surface area contributed by atoms with Crippen LogP contribution in [0.3, 0.4) is 0 Å². The van der Waals surface area contributed by atoms with Gasteiger partial charge in [0.25, 0.3) is 15.9 Å². The van der Waals surface area contributed by atoms with E-state index < -0.39 is 21.5 Å². The molecule has 1 unspecified atom stereocenters. The molecule has 4 rings (SSSR count). The molecule has 34 heavy (non-hydrogen) atoms. The number of carbonyl (C=O) groups is 2. The first-order valence-electron chi connectivity index (χ1n) is 10.9. The van der Waals surface area contributed by atoms with E-state index in [4.69, 9.17) is 4.74 Å². The van der Waals surface area contributed by atoms with Crippen molar-refractivity contribution in [1.82, 2.24) is 9.62 Å². The molecule has 0 radical (unpaired) electrons. The molecule has 0 bridgehead atoms. The Bertz CT molecular complexity index is 1290. The van der Waals surface area contributed by atoms with Crippen molar-refractivity contribution in [2.24, 2.45) is 0 Å². The maximum atomic E-state index is 13.0. The second-order valence-corrected chi connectivity index (χ2v) is 10.1. The highest BCUT2D eigenvalue weighted by Gasteiger charge is 2.50. The minimum absolute atomic E-state index is 0.0547. The van der Waals surface area contributed by atoms with E-state index in [1.165, 1.54) is 36.3 Å². The van der Waals surface area contributed by atoms with Crippen LogP contribution in [0.4, 0.5) is 0 Å². The number of hydrogen-bond acceptors (Lipinski definition) is 5. The Hall–Kier alpha value is -3.65. The van der Waals surface area contributed by atoms with Crippen molar-refractivity contribution in [3.8, 4) is 16.9 Å². The van der Waals surface area contributed by atoms with Gasteiger partial charge in [0.1, 0.15) is 11.3 Å². The highest BCUT2D eigenvalue weighted by atomic mass is 32.2. The number of nitrogens with zero attached hydrogens (tertiary/aromatic N) is 1. The molecule has 1 aliphatic heterocycles. The van der Waals surface area contributed by atoms with Gasteiger partial charge in [0.15, 0.2) is 0 Å². The molecule has 8 heteroatoms. The SMILES string of the molecule is COc1ccc(S(=O)(=O)NC(=O)C2(C)CCN2C(=O)Cc2ccc(-c3ccccc3)cc2)cc1. The monoisotopic (exact) mass is 478 g/mol. The van der Waals surface area contributed by atoms with Gasteiger partial charge in [0, 0.05) is 6.54 Å². The molecule has 7 nitrogen and oxygen atoms in total. The van der Waals surface area contributed by atoms with Gasteiger partial charge in [-0.05, 0) is 54.3 Å². The first-order valence-corrected chi connectivity index (χ1v) is 12.4. The first kappa shape index (κ1) is 23.5. The molecule has 176 valence electrons. The number of sulfonamides is 1. The fourth-order valence-corrected chi connectivity index (χ4v) is 5.03. The molecular formula is C26H26N2O5S. The van der Waals surface area contributed by atoms with Gasteiger partial charge in [-0.25, -0.2) is 13.1 Å². The first-order chi connectivity index (χ1) is 16.2. The van der Waals surface area contributed by atoms with E-state index in [0.29, 0.717) is 18.7 Å². The number of benzene rings is 3. The molecule has 1 fully saturated rings. The van der Waals surface area contributed by atoms with Gasteiger partial charge in [-0.3, -0.25) is 9.59 Å². The van der Waals surface area contributed by atoms with Gasteiger partial charge in [0.2, 0.25) is 5.91 Å². The van der Waals surface area contributed by atoms with Crippen molar-refractivity contribution in [2.75, 3.05) is 13.7 Å². The van der Waals surface area contributed by atoms with E-state index in [2.05, 4.69) is 4.72 Å². The number of hydrogen-bond donors (Lipinski definition) is 1. The second-order valence-electron chi connectivity index (χ2n) is 8.42. The summed E-state index contributed by atoms with van der Waals surface area (Å²) in [6.07, 6.45) is 0.513. The van der Waals surface area contributed by atoms with E-state index in [1.54, 1.807) is 6.92 Å². The maximum Gasteiger partial charge on any atom is 0.264 e. The minimum Gasteiger partial charge on any atom is -0.497 e. The maximum absolute atomic E-state index is 13.0. The lowest BCUT2D eigenvalue weighted by Crippen LogP contribution is -2.68. The van der Waals surface area contributed by atoms with Gasteiger partial charge in [-0.15, -0.1) is 0 Å². The van der Waals surface area contributed by atoms with Crippen molar-refractivity contribution in [2.45, 2.75) is 30.2 Å². The number of amides is 2. The summed E-state index contributed by atoms with van der Waals surface area (Å²) in [5.74, 6) is -0.439. The molecule has 3 aromatic carbocycles. The third-order valence-corrected chi connectivity index (χ3v) is 7.57. The van der Waals surface area contributed by atoms with Crippen LogP contribution in [0.5, 0.6) is 5.75 Å². The van der Waals surface area contributed by atoms with Gasteiger partial charge in [-0.1, -0.05) is 54.6 Å². The minimum atomic E-state index is -4.08. The zero-order valence-corrected chi connectivity index (χ0v) is 19.8. The summed E-state index contributed by atoms with van der Waals surface area (Å²) in [5.41, 5.74) is 1.74. The quantitative estimate of drug-likeness (QED) is 0.562. The number of methoxy groups -OCH3 is 1. The summed E-state index contributed by atoms with van der Waals surface area (Å²) < 4.78 is 32.5. The smallest absolute Gasteiger partial charge is 0.264 e. The molecule has 0 aliphatic carbocycles. The fourth-order valence-electron chi connectivity index (χ4n) is 3.96. The molecule has 1 saturated heterocycles. The number of likely N-dealkylation sites (tertiary alicyclic amines) is 1. The summed E-state index contributed by atoms with van der Waals surface area (Å²) in [7, 11) is -2.60. The Morgan fingerprint density at radius 3 is 2.12 bits per heavy atom. The zero-order chi connectivity index (χ0) is 24.3. The highest BCUT2D eigenvalue weighted by molar-refractivity contribution is 7.90. The van der Waals surface area contributed by atoms with E-state index in [1.807, 2.05) is 54.6 Å². The third-order valence-electron chi connectivity index (χ3n) is 6.22. The van der Waals surface area contributed by atoms with Crippen LogP contribution in [0.2, 0.25) is 0 Å². The fraction of sp³-hybridized carbons (Fsp3) is 0.231. The van der Waals surface area contributed by atoms with Crippen molar-refractivity contribution in [3.05, 3.63) is 84.4 Å². The molecule has 0 spiro atoms. The summed E-state index contributed by atoms with van der Waals surface area (Å²) in [6, 6.07) is 23.4. The van der Waals surface area contributed by atoms with E-state index in [-0.39, 0.29) is 17.2 Å². The van der Waals surface area contributed by atoms with Crippen molar-refractivity contribution in [3.63, 3.8) is 0 Å². The van der Waals surface area contributed by atoms with Gasteiger partial charge in [0.05, 0.1) is 18.4 Å². The average molecular weight is 479 g/mol. The van der Waals surface area contributed by atoms with E-state index in [0.717, 1.165) is 16.7 Å². The van der Waals surface area contributed by atoms with Crippen LogP contribution >= 0.6 is 0 Å². The molecule has 0 aromatic heterocycles. The molecule has 1 N–H and O–H groups in total. The molecule has 2 amide bonds. The molecular weight excluding hydrogens is 452 g/mol. The lowest BCUT2D eigenvalue weighted by molar-refractivity contribution is -0.156. The van der Waals surface area contributed by atoms with Crippen LogP contribution < -0.4 is 9.46 Å². The summed E-state index contributed by atoms with van der Waals surface area (Å²) in [6.45, 7) is 1.99. The van der Waals surface area contributed by atoms with Crippen molar-refractivity contribution in [1.29, 1.82) is 0 Å². The van der Waals surface area contributed by atoms with E-state index in [9.17, 15) is 18.0 Å². The average Bonchev–Trinajstić information content (AvgIpc) is 2.83. The molecule has 1 atom stereocenters. The van der Waals surface area contributed by atoms with Crippen LogP contribution in [-0.4, -0.2) is 44.3 Å². The van der Waals surface area contributed by atoms with Crippen LogP contribution in [-0.2, 0) is 26.0 Å². The van der Waals surface area contributed by atoms with Crippen LogP contribution in [0.15, 0.2) is 83.8 Å². The normalized spacial score (nSPS) is 17.5. The lowest BCUT2D eigenvalue weighted by Gasteiger charge is -2.49. The topological polar surface area (TPSA) is 92.8 Å². The predicted molar refractivity (Wildman–Crippen MR) is 129 cm³/mol. The molecule has 3 aromatic rings. The second kappa shape index (κ2) is 9.30. The zero-order valence-electron chi connectivity index (χ0n) is 19.0. The van der Waals surface area contributed by atoms with Crippen molar-refractivity contribution < 1.29 is 22.7 Å². The number of rotatable bonds is 7. The summed E-state index contributed by atoms with van der Waals surface area (Å²) in [4.78, 5) is 27.3.